The van der Waals surface area contributed by atoms with Crippen molar-refractivity contribution in [3.8, 4) is 5.75 Å². The van der Waals surface area contributed by atoms with Crippen molar-refractivity contribution in [1.82, 2.24) is 19.7 Å². The first-order chi connectivity index (χ1) is 18.2. The molecule has 0 radical (unpaired) electrons. The Labute approximate surface area is 233 Å². The molecule has 1 atom stereocenters. The van der Waals surface area contributed by atoms with Crippen molar-refractivity contribution in [2.75, 3.05) is 24.3 Å². The zero-order valence-electron chi connectivity index (χ0n) is 21.6. The summed E-state index contributed by atoms with van der Waals surface area (Å²) in [6, 6.07) is 13.6. The molecule has 4 aromatic rings. The molecular weight excluding hydrogens is 568 g/mol. The summed E-state index contributed by atoms with van der Waals surface area (Å²) in [5.74, 6) is 0.337. The standard InChI is InChI=1S/C27H29BrN6O3S/c1-17(10-19-8-6-5-7-9-19)37-22-11-20(13-24(35)32-27-29-14-18(2)38-27)31-21(12-22)16-34-26(36)25(28)23(15-30-34)33(3)4/h5-9,11-12,14-15,17H,10,13,16H2,1-4H3,(H,29,32,35)/t17-/m0/s1. The van der Waals surface area contributed by atoms with Gasteiger partial charge in [-0.1, -0.05) is 30.3 Å². The van der Waals surface area contributed by atoms with Gasteiger partial charge in [-0.2, -0.15) is 5.10 Å². The van der Waals surface area contributed by atoms with E-state index in [1.807, 2.05) is 51.0 Å². The molecule has 11 heteroatoms. The number of pyridine rings is 1. The molecule has 3 heterocycles. The van der Waals surface area contributed by atoms with E-state index in [1.165, 1.54) is 16.0 Å². The van der Waals surface area contributed by atoms with Crippen LogP contribution in [0.2, 0.25) is 0 Å². The van der Waals surface area contributed by atoms with E-state index in [-0.39, 0.29) is 30.5 Å². The molecule has 0 spiro atoms. The number of halogens is 1. The lowest BCUT2D eigenvalue weighted by Crippen LogP contribution is -2.27. The highest BCUT2D eigenvalue weighted by Gasteiger charge is 2.15. The van der Waals surface area contributed by atoms with E-state index in [9.17, 15) is 9.59 Å². The van der Waals surface area contributed by atoms with Gasteiger partial charge in [0.2, 0.25) is 5.91 Å². The molecule has 1 amide bonds. The largest absolute Gasteiger partial charge is 0.490 e. The Balaban J connectivity index is 1.59. The first-order valence-corrected chi connectivity index (χ1v) is 13.6. The number of anilines is 2. The number of hydrogen-bond donors (Lipinski definition) is 1. The Bertz CT molecular complexity index is 1470. The second kappa shape index (κ2) is 12.3. The second-order valence-electron chi connectivity index (χ2n) is 9.11. The minimum Gasteiger partial charge on any atom is -0.490 e. The lowest BCUT2D eigenvalue weighted by Gasteiger charge is -2.17. The van der Waals surface area contributed by atoms with Crippen LogP contribution >= 0.6 is 27.3 Å². The van der Waals surface area contributed by atoms with Gasteiger partial charge in [0, 0.05) is 43.7 Å². The number of aryl methyl sites for hydroxylation is 1. The second-order valence-corrected chi connectivity index (χ2v) is 11.1. The highest BCUT2D eigenvalue weighted by molar-refractivity contribution is 9.10. The normalized spacial score (nSPS) is 11.7. The summed E-state index contributed by atoms with van der Waals surface area (Å²) < 4.78 is 7.99. The topological polar surface area (TPSA) is 102 Å². The van der Waals surface area contributed by atoms with Crippen LogP contribution in [0.1, 0.15) is 28.8 Å². The molecule has 0 saturated heterocycles. The molecular formula is C27H29BrN6O3S. The molecule has 0 bridgehead atoms. The van der Waals surface area contributed by atoms with E-state index in [1.54, 1.807) is 24.5 Å². The number of carbonyl (C=O) groups is 1. The van der Waals surface area contributed by atoms with Crippen molar-refractivity contribution in [2.45, 2.75) is 39.3 Å². The molecule has 0 aliphatic rings. The van der Waals surface area contributed by atoms with E-state index in [2.05, 4.69) is 48.4 Å². The van der Waals surface area contributed by atoms with E-state index in [0.717, 1.165) is 16.9 Å². The van der Waals surface area contributed by atoms with E-state index in [0.29, 0.717) is 32.4 Å². The number of thiazole rings is 1. The average Bonchev–Trinajstić information content (AvgIpc) is 3.26. The average molecular weight is 598 g/mol. The van der Waals surface area contributed by atoms with Gasteiger partial charge in [-0.15, -0.1) is 11.3 Å². The Morgan fingerprint density at radius 3 is 2.61 bits per heavy atom. The summed E-state index contributed by atoms with van der Waals surface area (Å²) in [6.07, 6.45) is 3.96. The maximum atomic E-state index is 12.9. The fourth-order valence-corrected chi connectivity index (χ4v) is 5.20. The Hall–Kier alpha value is -3.57. The number of nitrogens with zero attached hydrogens (tertiary/aromatic N) is 5. The number of amides is 1. The predicted molar refractivity (Wildman–Crippen MR) is 153 cm³/mol. The van der Waals surface area contributed by atoms with Crippen LogP contribution < -0.4 is 20.5 Å². The van der Waals surface area contributed by atoms with Crippen LogP contribution in [0.3, 0.4) is 0 Å². The van der Waals surface area contributed by atoms with Crippen molar-refractivity contribution in [1.29, 1.82) is 0 Å². The van der Waals surface area contributed by atoms with Gasteiger partial charge in [-0.25, -0.2) is 9.67 Å². The number of nitrogens with one attached hydrogen (secondary N) is 1. The Kier molecular flexibility index (Phi) is 8.90. The number of hydrogen-bond acceptors (Lipinski definition) is 8. The molecule has 3 aromatic heterocycles. The molecule has 198 valence electrons. The minimum atomic E-state index is -0.278. The SMILES string of the molecule is Cc1cnc(NC(=O)Cc2cc(O[C@@H](C)Cc3ccccc3)cc(Cn3ncc(N(C)C)c(Br)c3=O)n2)s1. The summed E-state index contributed by atoms with van der Waals surface area (Å²) >= 11 is 4.79. The third kappa shape index (κ3) is 7.26. The van der Waals surface area contributed by atoms with Gasteiger partial charge in [-0.3, -0.25) is 14.6 Å². The fraction of sp³-hybridized carbons (Fsp3) is 0.296. The molecule has 0 aliphatic heterocycles. The Morgan fingerprint density at radius 1 is 1.18 bits per heavy atom. The number of ether oxygens (including phenoxy) is 1. The summed E-state index contributed by atoms with van der Waals surface area (Å²) in [5, 5.41) is 7.67. The Morgan fingerprint density at radius 2 is 1.92 bits per heavy atom. The molecule has 0 fully saturated rings. The van der Waals surface area contributed by atoms with Gasteiger partial charge < -0.3 is 15.0 Å². The minimum absolute atomic E-state index is 0.0292. The summed E-state index contributed by atoms with van der Waals surface area (Å²) in [7, 11) is 3.68. The lowest BCUT2D eigenvalue weighted by atomic mass is 10.1. The van der Waals surface area contributed by atoms with Crippen LogP contribution in [0, 0.1) is 6.92 Å². The molecule has 9 nitrogen and oxygen atoms in total. The zero-order valence-corrected chi connectivity index (χ0v) is 24.0. The van der Waals surface area contributed by atoms with Crippen LogP contribution in [0.15, 0.2) is 64.1 Å². The van der Waals surface area contributed by atoms with E-state index in [4.69, 9.17) is 4.74 Å². The van der Waals surface area contributed by atoms with Crippen molar-refractivity contribution in [2.24, 2.45) is 0 Å². The molecule has 0 saturated carbocycles. The highest BCUT2D eigenvalue weighted by atomic mass is 79.9. The number of carbonyl (C=O) groups excluding carboxylic acids is 1. The maximum absolute atomic E-state index is 12.9. The number of aromatic nitrogens is 4. The summed E-state index contributed by atoms with van der Waals surface area (Å²) in [4.78, 5) is 37.3. The molecule has 38 heavy (non-hydrogen) atoms. The van der Waals surface area contributed by atoms with Gasteiger partial charge in [0.05, 0.1) is 42.3 Å². The van der Waals surface area contributed by atoms with Gasteiger partial charge in [0.15, 0.2) is 5.13 Å². The van der Waals surface area contributed by atoms with Crippen LogP contribution in [-0.4, -0.2) is 45.9 Å². The maximum Gasteiger partial charge on any atom is 0.283 e. The van der Waals surface area contributed by atoms with Gasteiger partial charge in [-0.05, 0) is 35.3 Å². The van der Waals surface area contributed by atoms with Crippen LogP contribution in [-0.2, 0) is 24.2 Å². The predicted octanol–water partition coefficient (Wildman–Crippen LogP) is 4.47. The third-order valence-corrected chi connectivity index (χ3v) is 7.15. The molecule has 0 unspecified atom stereocenters. The third-order valence-electron chi connectivity index (χ3n) is 5.58. The summed E-state index contributed by atoms with van der Waals surface area (Å²) in [6.45, 7) is 4.04. The molecule has 1 N–H and O–H groups in total. The first-order valence-electron chi connectivity index (χ1n) is 12.0. The van der Waals surface area contributed by atoms with Crippen LogP contribution in [0.25, 0.3) is 0 Å². The fourth-order valence-electron chi connectivity index (χ4n) is 3.85. The molecule has 0 aliphatic carbocycles. The van der Waals surface area contributed by atoms with Crippen LogP contribution in [0.5, 0.6) is 5.75 Å². The van der Waals surface area contributed by atoms with E-state index >= 15 is 0 Å². The van der Waals surface area contributed by atoms with Crippen molar-refractivity contribution in [3.05, 3.63) is 91.5 Å². The van der Waals surface area contributed by atoms with Crippen LogP contribution in [0.4, 0.5) is 10.8 Å². The van der Waals surface area contributed by atoms with Crippen molar-refractivity contribution < 1.29 is 9.53 Å². The number of rotatable bonds is 10. The van der Waals surface area contributed by atoms with E-state index < -0.39 is 0 Å². The highest BCUT2D eigenvalue weighted by Crippen LogP contribution is 2.22. The smallest absolute Gasteiger partial charge is 0.283 e. The first kappa shape index (κ1) is 27.5. The quantitative estimate of drug-likeness (QED) is 0.288. The monoisotopic (exact) mass is 596 g/mol. The lowest BCUT2D eigenvalue weighted by molar-refractivity contribution is -0.115. The van der Waals surface area contributed by atoms with Gasteiger partial charge in [0.25, 0.3) is 5.56 Å². The summed E-state index contributed by atoms with van der Waals surface area (Å²) in [5.41, 5.74) is 2.64. The molecule has 4 rings (SSSR count). The van der Waals surface area contributed by atoms with Gasteiger partial charge >= 0.3 is 0 Å². The zero-order chi connectivity index (χ0) is 27.2. The van der Waals surface area contributed by atoms with Crippen molar-refractivity contribution >= 4 is 44.0 Å². The van der Waals surface area contributed by atoms with Crippen molar-refractivity contribution in [3.63, 3.8) is 0 Å². The number of benzene rings is 1. The molecule has 1 aromatic carbocycles. The van der Waals surface area contributed by atoms with Gasteiger partial charge in [0.1, 0.15) is 10.2 Å².